The highest BCUT2D eigenvalue weighted by atomic mass is 16.5. The zero-order chi connectivity index (χ0) is 14.5. The zero-order valence-electron chi connectivity index (χ0n) is 12.3. The lowest BCUT2D eigenvalue weighted by Gasteiger charge is -2.19. The summed E-state index contributed by atoms with van der Waals surface area (Å²) in [6.07, 6.45) is 0.139. The molecule has 0 atom stereocenters. The van der Waals surface area contributed by atoms with Crippen LogP contribution in [0, 0.1) is 0 Å². The summed E-state index contributed by atoms with van der Waals surface area (Å²) in [5.74, 6) is 0.631. The normalized spacial score (nSPS) is 11.5. The second-order valence-corrected chi connectivity index (χ2v) is 5.64. The zero-order valence-corrected chi connectivity index (χ0v) is 12.3. The minimum absolute atomic E-state index is 0.0494. The van der Waals surface area contributed by atoms with Crippen LogP contribution in [-0.4, -0.2) is 24.2 Å². The van der Waals surface area contributed by atoms with Gasteiger partial charge in [0.15, 0.2) is 0 Å². The number of amides is 1. The SMILES string of the molecule is CC(C)Oc1ccc(NC(=O)COC(C)(C)C)cc1. The van der Waals surface area contributed by atoms with Crippen LogP contribution in [-0.2, 0) is 9.53 Å². The molecule has 0 heterocycles. The highest BCUT2D eigenvalue weighted by Crippen LogP contribution is 2.17. The first kappa shape index (κ1) is 15.5. The van der Waals surface area contributed by atoms with Gasteiger partial charge in [0.1, 0.15) is 12.4 Å². The molecule has 0 saturated carbocycles. The Morgan fingerprint density at radius 1 is 1.21 bits per heavy atom. The number of hydrogen-bond donors (Lipinski definition) is 1. The minimum Gasteiger partial charge on any atom is -0.491 e. The van der Waals surface area contributed by atoms with E-state index in [0.717, 1.165) is 11.4 Å². The molecule has 106 valence electrons. The third-order valence-electron chi connectivity index (χ3n) is 2.15. The van der Waals surface area contributed by atoms with Crippen molar-refractivity contribution in [3.63, 3.8) is 0 Å². The van der Waals surface area contributed by atoms with E-state index in [-0.39, 0.29) is 24.2 Å². The molecule has 0 unspecified atom stereocenters. The quantitative estimate of drug-likeness (QED) is 0.889. The van der Waals surface area contributed by atoms with Gasteiger partial charge in [-0.1, -0.05) is 0 Å². The highest BCUT2D eigenvalue weighted by Gasteiger charge is 2.12. The number of anilines is 1. The van der Waals surface area contributed by atoms with E-state index in [4.69, 9.17) is 9.47 Å². The summed E-state index contributed by atoms with van der Waals surface area (Å²) < 4.78 is 10.9. The van der Waals surface area contributed by atoms with E-state index in [0.29, 0.717) is 0 Å². The van der Waals surface area contributed by atoms with Gasteiger partial charge in [0.2, 0.25) is 5.91 Å². The number of carbonyl (C=O) groups excluding carboxylic acids is 1. The van der Waals surface area contributed by atoms with Crippen molar-refractivity contribution in [2.75, 3.05) is 11.9 Å². The molecule has 19 heavy (non-hydrogen) atoms. The standard InChI is InChI=1S/C15H23NO3/c1-11(2)19-13-8-6-12(7-9-13)16-14(17)10-18-15(3,4)5/h6-9,11H,10H2,1-5H3,(H,16,17). The fraction of sp³-hybridized carbons (Fsp3) is 0.533. The number of benzene rings is 1. The molecule has 1 aromatic rings. The van der Waals surface area contributed by atoms with Gasteiger partial charge in [-0.2, -0.15) is 0 Å². The van der Waals surface area contributed by atoms with Crippen LogP contribution in [0.5, 0.6) is 5.75 Å². The van der Waals surface area contributed by atoms with Gasteiger partial charge in [-0.3, -0.25) is 4.79 Å². The van der Waals surface area contributed by atoms with Gasteiger partial charge < -0.3 is 14.8 Å². The summed E-state index contributed by atoms with van der Waals surface area (Å²) in [7, 11) is 0. The summed E-state index contributed by atoms with van der Waals surface area (Å²) in [6.45, 7) is 9.74. The number of nitrogens with one attached hydrogen (secondary N) is 1. The van der Waals surface area contributed by atoms with Crippen molar-refractivity contribution in [2.45, 2.75) is 46.3 Å². The molecule has 0 bridgehead atoms. The van der Waals surface area contributed by atoms with Gasteiger partial charge in [0.25, 0.3) is 0 Å². The van der Waals surface area contributed by atoms with Crippen LogP contribution in [0.15, 0.2) is 24.3 Å². The third kappa shape index (κ3) is 6.82. The fourth-order valence-electron chi connectivity index (χ4n) is 1.37. The van der Waals surface area contributed by atoms with E-state index in [1.54, 1.807) is 0 Å². The number of ether oxygens (including phenoxy) is 2. The average Bonchev–Trinajstić information content (AvgIpc) is 2.28. The molecular weight excluding hydrogens is 242 g/mol. The van der Waals surface area contributed by atoms with Gasteiger partial charge in [0, 0.05) is 5.69 Å². The van der Waals surface area contributed by atoms with Crippen LogP contribution in [0.25, 0.3) is 0 Å². The van der Waals surface area contributed by atoms with Crippen LogP contribution in [0.4, 0.5) is 5.69 Å². The Kier molecular flexibility index (Phi) is 5.36. The minimum atomic E-state index is -0.313. The monoisotopic (exact) mass is 265 g/mol. The van der Waals surface area contributed by atoms with Gasteiger partial charge in [0.05, 0.1) is 11.7 Å². The smallest absolute Gasteiger partial charge is 0.250 e. The molecule has 4 nitrogen and oxygen atoms in total. The number of rotatable bonds is 5. The van der Waals surface area contributed by atoms with E-state index in [2.05, 4.69) is 5.32 Å². The van der Waals surface area contributed by atoms with E-state index >= 15 is 0 Å². The van der Waals surface area contributed by atoms with Gasteiger partial charge >= 0.3 is 0 Å². The number of hydrogen-bond acceptors (Lipinski definition) is 3. The molecule has 1 rings (SSSR count). The van der Waals surface area contributed by atoms with Crippen molar-refractivity contribution >= 4 is 11.6 Å². The molecule has 0 aliphatic heterocycles. The molecule has 0 aromatic heterocycles. The molecule has 1 amide bonds. The first-order valence-corrected chi connectivity index (χ1v) is 6.47. The van der Waals surface area contributed by atoms with E-state index in [1.165, 1.54) is 0 Å². The van der Waals surface area contributed by atoms with Crippen LogP contribution >= 0.6 is 0 Å². The maximum atomic E-state index is 11.7. The van der Waals surface area contributed by atoms with Crippen molar-refractivity contribution in [1.29, 1.82) is 0 Å². The highest BCUT2D eigenvalue weighted by molar-refractivity contribution is 5.91. The van der Waals surface area contributed by atoms with Gasteiger partial charge in [-0.15, -0.1) is 0 Å². The largest absolute Gasteiger partial charge is 0.491 e. The lowest BCUT2D eigenvalue weighted by molar-refractivity contribution is -0.125. The van der Waals surface area contributed by atoms with Crippen molar-refractivity contribution < 1.29 is 14.3 Å². The molecule has 4 heteroatoms. The summed E-state index contributed by atoms with van der Waals surface area (Å²) in [5, 5.41) is 2.78. The topological polar surface area (TPSA) is 47.6 Å². The molecule has 0 spiro atoms. The molecule has 0 aliphatic carbocycles. The summed E-state index contributed by atoms with van der Waals surface area (Å²) in [4.78, 5) is 11.7. The number of carbonyl (C=O) groups is 1. The molecule has 0 saturated heterocycles. The summed E-state index contributed by atoms with van der Waals surface area (Å²) >= 11 is 0. The maximum absolute atomic E-state index is 11.7. The van der Waals surface area contributed by atoms with E-state index < -0.39 is 0 Å². The second kappa shape index (κ2) is 6.57. The summed E-state index contributed by atoms with van der Waals surface area (Å²) in [6, 6.07) is 7.29. The first-order chi connectivity index (χ1) is 8.76. The average molecular weight is 265 g/mol. The Labute approximate surface area is 115 Å². The Balaban J connectivity index is 2.47. The van der Waals surface area contributed by atoms with E-state index in [1.807, 2.05) is 58.9 Å². The van der Waals surface area contributed by atoms with Gasteiger partial charge in [-0.25, -0.2) is 0 Å². The maximum Gasteiger partial charge on any atom is 0.250 e. The van der Waals surface area contributed by atoms with Crippen LogP contribution in [0.3, 0.4) is 0 Å². The molecule has 0 aliphatic rings. The molecule has 1 aromatic carbocycles. The molecular formula is C15H23NO3. The third-order valence-corrected chi connectivity index (χ3v) is 2.15. The van der Waals surface area contributed by atoms with Crippen LogP contribution in [0.1, 0.15) is 34.6 Å². The van der Waals surface area contributed by atoms with Crippen LogP contribution < -0.4 is 10.1 Å². The van der Waals surface area contributed by atoms with E-state index in [9.17, 15) is 4.79 Å². The second-order valence-electron chi connectivity index (χ2n) is 5.64. The first-order valence-electron chi connectivity index (χ1n) is 6.47. The Bertz CT molecular complexity index is 404. The van der Waals surface area contributed by atoms with Crippen LogP contribution in [0.2, 0.25) is 0 Å². The lowest BCUT2D eigenvalue weighted by Crippen LogP contribution is -2.27. The van der Waals surface area contributed by atoms with Crippen molar-refractivity contribution in [2.24, 2.45) is 0 Å². The fourth-order valence-corrected chi connectivity index (χ4v) is 1.37. The van der Waals surface area contributed by atoms with Gasteiger partial charge in [-0.05, 0) is 58.9 Å². The van der Waals surface area contributed by atoms with Crippen molar-refractivity contribution in [3.05, 3.63) is 24.3 Å². The molecule has 0 radical (unpaired) electrons. The Morgan fingerprint density at radius 2 is 1.79 bits per heavy atom. The van der Waals surface area contributed by atoms with Crippen molar-refractivity contribution in [3.8, 4) is 5.75 Å². The predicted molar refractivity (Wildman–Crippen MR) is 76.5 cm³/mol. The molecule has 0 fully saturated rings. The molecule has 1 N–H and O–H groups in total. The Morgan fingerprint density at radius 3 is 2.26 bits per heavy atom. The Hall–Kier alpha value is -1.55. The predicted octanol–water partition coefficient (Wildman–Crippen LogP) is 3.23. The summed E-state index contributed by atoms with van der Waals surface area (Å²) in [5.41, 5.74) is 0.422. The van der Waals surface area contributed by atoms with Crippen molar-refractivity contribution in [1.82, 2.24) is 0 Å². The lowest BCUT2D eigenvalue weighted by atomic mass is 10.2.